The molecule has 0 radical (unpaired) electrons. The molecule has 2 aliphatic rings. The van der Waals surface area contributed by atoms with E-state index >= 15 is 0 Å². The Hall–Kier alpha value is -2.50. The van der Waals surface area contributed by atoms with Gasteiger partial charge in [-0.2, -0.15) is 0 Å². The maximum absolute atomic E-state index is 13.4. The highest BCUT2D eigenvalue weighted by Crippen LogP contribution is 2.36. The zero-order chi connectivity index (χ0) is 19.6. The number of hydrogen-bond donors (Lipinski definition) is 0. The highest BCUT2D eigenvalue weighted by Gasteiger charge is 2.46. The number of hydrogen-bond acceptors (Lipinski definition) is 3. The van der Waals surface area contributed by atoms with Crippen molar-refractivity contribution in [3.05, 3.63) is 88.9 Å². The third-order valence-corrected chi connectivity index (χ3v) is 5.65. The van der Waals surface area contributed by atoms with Gasteiger partial charge in [0.1, 0.15) is 0 Å². The molecular formula is C23H20BrNO3. The number of halogens is 1. The van der Waals surface area contributed by atoms with E-state index in [0.717, 1.165) is 16.6 Å². The Morgan fingerprint density at radius 3 is 2.36 bits per heavy atom. The number of nitrogens with zero attached hydrogens (tertiary/aromatic N) is 1. The van der Waals surface area contributed by atoms with Crippen LogP contribution in [-0.4, -0.2) is 24.0 Å². The summed E-state index contributed by atoms with van der Waals surface area (Å²) in [4.78, 5) is 26.7. The van der Waals surface area contributed by atoms with Crippen molar-refractivity contribution in [3.63, 3.8) is 0 Å². The molecule has 4 rings (SSSR count). The van der Waals surface area contributed by atoms with Crippen molar-refractivity contribution in [1.29, 1.82) is 0 Å². The molecule has 0 N–H and O–H groups in total. The molecule has 4 nitrogen and oxygen atoms in total. The van der Waals surface area contributed by atoms with Crippen LogP contribution in [0.4, 0.5) is 5.69 Å². The second kappa shape index (κ2) is 7.86. The van der Waals surface area contributed by atoms with Crippen LogP contribution in [0.5, 0.6) is 0 Å². The van der Waals surface area contributed by atoms with E-state index in [-0.39, 0.29) is 17.6 Å². The molecule has 1 aliphatic carbocycles. The first-order valence-corrected chi connectivity index (χ1v) is 10.1. The molecular weight excluding hydrogens is 418 g/mol. The van der Waals surface area contributed by atoms with E-state index in [2.05, 4.69) is 28.1 Å². The number of para-hydroxylation sites is 1. The van der Waals surface area contributed by atoms with Gasteiger partial charge < -0.3 is 4.74 Å². The molecule has 1 aliphatic heterocycles. The van der Waals surface area contributed by atoms with Crippen molar-refractivity contribution in [2.75, 3.05) is 11.5 Å². The largest absolute Gasteiger partial charge is 0.347 e. The van der Waals surface area contributed by atoms with Crippen molar-refractivity contribution in [2.45, 2.75) is 18.6 Å². The van der Waals surface area contributed by atoms with Gasteiger partial charge in [-0.25, -0.2) is 0 Å². The number of allylic oxidation sites excluding steroid dienone is 2. The van der Waals surface area contributed by atoms with Crippen LogP contribution in [0.25, 0.3) is 0 Å². The van der Waals surface area contributed by atoms with Crippen LogP contribution in [-0.2, 0) is 20.7 Å². The predicted octanol–water partition coefficient (Wildman–Crippen LogP) is 4.45. The van der Waals surface area contributed by atoms with E-state index in [1.54, 1.807) is 17.1 Å². The van der Waals surface area contributed by atoms with Crippen LogP contribution in [0, 0.1) is 5.92 Å². The first kappa shape index (κ1) is 18.8. The predicted molar refractivity (Wildman–Crippen MR) is 112 cm³/mol. The van der Waals surface area contributed by atoms with Crippen molar-refractivity contribution in [3.8, 4) is 0 Å². The van der Waals surface area contributed by atoms with Crippen LogP contribution in [0.2, 0.25) is 0 Å². The minimum Gasteiger partial charge on any atom is -0.347 e. The number of rotatable bonds is 4. The number of ether oxygens (including phenoxy) is 1. The molecule has 0 aromatic heterocycles. The van der Waals surface area contributed by atoms with Crippen molar-refractivity contribution >= 4 is 33.3 Å². The number of carbonyl (C=O) groups is 2. The molecule has 5 heteroatoms. The van der Waals surface area contributed by atoms with Crippen LogP contribution in [0.15, 0.2) is 83.4 Å². The average Bonchev–Trinajstić information content (AvgIpc) is 2.72. The minimum absolute atomic E-state index is 0.0122. The summed E-state index contributed by atoms with van der Waals surface area (Å²) in [6, 6.07) is 17.6. The lowest BCUT2D eigenvalue weighted by molar-refractivity contribution is -0.138. The van der Waals surface area contributed by atoms with E-state index in [1.807, 2.05) is 42.5 Å². The lowest BCUT2D eigenvalue weighted by atomic mass is 9.93. The Labute approximate surface area is 172 Å². The molecule has 2 aromatic carbocycles. The molecule has 1 amide bonds. The van der Waals surface area contributed by atoms with Crippen molar-refractivity contribution in [2.24, 2.45) is 5.92 Å². The zero-order valence-electron chi connectivity index (χ0n) is 15.3. The first-order valence-electron chi connectivity index (χ1n) is 9.27. The number of amides is 1. The van der Waals surface area contributed by atoms with Gasteiger partial charge in [0.2, 0.25) is 5.91 Å². The molecule has 1 saturated heterocycles. The minimum atomic E-state index is -1.04. The third kappa shape index (κ3) is 3.73. The molecule has 1 spiro atoms. The summed E-state index contributed by atoms with van der Waals surface area (Å²) in [7, 11) is 0. The first-order chi connectivity index (χ1) is 13.6. The maximum atomic E-state index is 13.4. The van der Waals surface area contributed by atoms with Gasteiger partial charge >= 0.3 is 0 Å². The molecule has 0 bridgehead atoms. The van der Waals surface area contributed by atoms with E-state index < -0.39 is 5.72 Å². The molecule has 28 heavy (non-hydrogen) atoms. The number of aryl methyl sites for hydroxylation is 1. The van der Waals surface area contributed by atoms with Crippen LogP contribution >= 0.6 is 15.9 Å². The fourth-order valence-corrected chi connectivity index (χ4v) is 3.85. The Morgan fingerprint density at radius 2 is 1.68 bits per heavy atom. The van der Waals surface area contributed by atoms with Gasteiger partial charge in [-0.1, -0.05) is 46.3 Å². The van der Waals surface area contributed by atoms with Gasteiger partial charge in [0, 0.05) is 10.2 Å². The summed E-state index contributed by atoms with van der Waals surface area (Å²) in [5.41, 5.74) is 0.899. The molecule has 0 saturated carbocycles. The third-order valence-electron chi connectivity index (χ3n) is 5.12. The van der Waals surface area contributed by atoms with Gasteiger partial charge in [0.15, 0.2) is 11.5 Å². The van der Waals surface area contributed by atoms with Gasteiger partial charge in [0.05, 0.1) is 12.5 Å². The SMILES string of the molecule is O=C1C=CC2(C=C1)OCC(CCc1ccc(Br)cc1)C(=O)N2c1ccccc1. The molecule has 1 fully saturated rings. The fourth-order valence-electron chi connectivity index (χ4n) is 3.59. The monoisotopic (exact) mass is 437 g/mol. The smallest absolute Gasteiger partial charge is 0.235 e. The molecule has 2 aromatic rings. The molecule has 1 atom stereocenters. The highest BCUT2D eigenvalue weighted by molar-refractivity contribution is 9.10. The van der Waals surface area contributed by atoms with Crippen LogP contribution in [0.1, 0.15) is 12.0 Å². The lowest BCUT2D eigenvalue weighted by Gasteiger charge is -2.46. The standard InChI is InChI=1S/C23H20BrNO3/c24-19-10-7-17(8-11-19)6-9-18-16-28-23(14-12-21(26)13-15-23)25(22(18)27)20-4-2-1-3-5-20/h1-5,7-8,10-15,18H,6,9,16H2. The fraction of sp³-hybridized carbons (Fsp3) is 0.217. The van der Waals surface area contributed by atoms with E-state index in [4.69, 9.17) is 4.74 Å². The Bertz CT molecular complexity index is 918. The second-order valence-electron chi connectivity index (χ2n) is 7.00. The van der Waals surface area contributed by atoms with Gasteiger partial charge in [-0.15, -0.1) is 0 Å². The second-order valence-corrected chi connectivity index (χ2v) is 7.92. The van der Waals surface area contributed by atoms with Gasteiger partial charge in [-0.05, 0) is 67.0 Å². The molecule has 142 valence electrons. The summed E-state index contributed by atoms with van der Waals surface area (Å²) < 4.78 is 7.22. The Morgan fingerprint density at radius 1 is 1.00 bits per heavy atom. The van der Waals surface area contributed by atoms with E-state index in [9.17, 15) is 9.59 Å². The van der Waals surface area contributed by atoms with Crippen molar-refractivity contribution < 1.29 is 14.3 Å². The van der Waals surface area contributed by atoms with Crippen LogP contribution in [0.3, 0.4) is 0 Å². The van der Waals surface area contributed by atoms with E-state index in [1.165, 1.54) is 17.7 Å². The molecule has 1 unspecified atom stereocenters. The Kier molecular flexibility index (Phi) is 5.29. The van der Waals surface area contributed by atoms with Crippen molar-refractivity contribution in [1.82, 2.24) is 0 Å². The normalized spacial score (nSPS) is 20.8. The highest BCUT2D eigenvalue weighted by atomic mass is 79.9. The summed E-state index contributed by atoms with van der Waals surface area (Å²) in [6.45, 7) is 0.321. The zero-order valence-corrected chi connectivity index (χ0v) is 16.8. The topological polar surface area (TPSA) is 46.6 Å². The maximum Gasteiger partial charge on any atom is 0.235 e. The summed E-state index contributed by atoms with van der Waals surface area (Å²) in [5, 5.41) is 0. The van der Waals surface area contributed by atoms with Gasteiger partial charge in [-0.3, -0.25) is 14.5 Å². The summed E-state index contributed by atoms with van der Waals surface area (Å²) in [5.74, 6) is -0.334. The number of ketones is 1. The molecule has 1 heterocycles. The average molecular weight is 438 g/mol. The Balaban J connectivity index is 1.59. The van der Waals surface area contributed by atoms with E-state index in [0.29, 0.717) is 13.0 Å². The number of benzene rings is 2. The summed E-state index contributed by atoms with van der Waals surface area (Å²) >= 11 is 3.44. The number of carbonyl (C=O) groups excluding carboxylic acids is 2. The lowest BCUT2D eigenvalue weighted by Crippen LogP contribution is -2.59. The van der Waals surface area contributed by atoms with Crippen LogP contribution < -0.4 is 4.90 Å². The quantitative estimate of drug-likeness (QED) is 0.709. The van der Waals surface area contributed by atoms with Gasteiger partial charge in [0.25, 0.3) is 0 Å². The number of anilines is 1. The summed E-state index contributed by atoms with van der Waals surface area (Å²) in [6.07, 6.45) is 7.77.